The van der Waals surface area contributed by atoms with Gasteiger partial charge in [0.15, 0.2) is 5.82 Å². The predicted molar refractivity (Wildman–Crippen MR) is 104 cm³/mol. The molecule has 1 fully saturated rings. The Morgan fingerprint density at radius 1 is 0.926 bits per heavy atom. The maximum atomic E-state index is 6.92. The van der Waals surface area contributed by atoms with Crippen molar-refractivity contribution in [3.8, 4) is 22.5 Å². The van der Waals surface area contributed by atoms with Crippen molar-refractivity contribution in [2.75, 3.05) is 0 Å². The number of hydrogen-bond donors (Lipinski definition) is 1. The molecule has 1 saturated carbocycles. The summed E-state index contributed by atoms with van der Waals surface area (Å²) in [5, 5.41) is 14.9. The van der Waals surface area contributed by atoms with Crippen LogP contribution in [0.4, 0.5) is 0 Å². The third-order valence-corrected chi connectivity index (χ3v) is 6.09. The minimum atomic E-state index is -0.405. The van der Waals surface area contributed by atoms with Gasteiger partial charge in [-0.3, -0.25) is 4.98 Å². The highest BCUT2D eigenvalue weighted by molar-refractivity contribution is 5.86. The van der Waals surface area contributed by atoms with E-state index in [0.29, 0.717) is 5.82 Å². The maximum Gasteiger partial charge on any atom is 0.181 e. The Labute approximate surface area is 159 Å². The molecule has 0 amide bonds. The van der Waals surface area contributed by atoms with Gasteiger partial charge < -0.3 is 0 Å². The molecule has 0 atom stereocenters. The first-order valence-electron chi connectivity index (χ1n) is 9.91. The zero-order valence-electron chi connectivity index (χ0n) is 15.4. The number of benzene rings is 1. The number of fused-ring (bicyclic) bond motifs is 1. The van der Waals surface area contributed by atoms with Gasteiger partial charge in [0.1, 0.15) is 0 Å². The van der Waals surface area contributed by atoms with E-state index in [0.717, 1.165) is 49.8 Å². The monoisotopic (exact) mass is 357 g/mol. The summed E-state index contributed by atoms with van der Waals surface area (Å²) in [4.78, 5) is 5.17. The lowest BCUT2D eigenvalue weighted by Crippen LogP contribution is -2.24. The van der Waals surface area contributed by atoms with Crippen molar-refractivity contribution in [3.05, 3.63) is 54.2 Å². The zero-order valence-corrected chi connectivity index (χ0v) is 15.4. The van der Waals surface area contributed by atoms with Crippen LogP contribution in [0.5, 0.6) is 0 Å². The van der Waals surface area contributed by atoms with Crippen LogP contribution in [-0.4, -0.2) is 25.6 Å². The van der Waals surface area contributed by atoms with Gasteiger partial charge in [-0.2, -0.15) is 0 Å². The van der Waals surface area contributed by atoms with Crippen LogP contribution in [0.25, 0.3) is 22.5 Å². The summed E-state index contributed by atoms with van der Waals surface area (Å²) in [5.41, 5.74) is 6.51. The Morgan fingerprint density at radius 3 is 2.44 bits per heavy atom. The number of tetrazole rings is 1. The number of nitrogens with zero attached hydrogens (tertiary/aromatic N) is 4. The molecule has 2 heterocycles. The fourth-order valence-electron chi connectivity index (χ4n) is 4.76. The molecule has 0 unspecified atom stereocenters. The van der Waals surface area contributed by atoms with E-state index >= 15 is 0 Å². The summed E-state index contributed by atoms with van der Waals surface area (Å²) in [6, 6.07) is 10.6. The second kappa shape index (κ2) is 6.55. The van der Waals surface area contributed by atoms with Gasteiger partial charge >= 0.3 is 0 Å². The largest absolute Gasteiger partial charge is 0.256 e. The van der Waals surface area contributed by atoms with Crippen LogP contribution in [0.2, 0.25) is 0 Å². The fraction of sp³-hybridized carbons (Fsp3) is 0.409. The molecule has 2 aromatic heterocycles. The lowest BCUT2D eigenvalue weighted by molar-refractivity contribution is 0.529. The second-order valence-electron chi connectivity index (χ2n) is 7.82. The Kier molecular flexibility index (Phi) is 4.03. The number of H-pyrrole nitrogens is 1. The third kappa shape index (κ3) is 2.76. The molecular formula is C22H23N5. The summed E-state index contributed by atoms with van der Waals surface area (Å²) < 4.78 is 0. The van der Waals surface area contributed by atoms with Crippen LogP contribution in [-0.2, 0) is 18.3 Å². The smallest absolute Gasteiger partial charge is 0.181 e. The SMILES string of the molecule is [CH]C1(c2nc3c(c(-c4ccccc4)c2-c2nnn[nH]2)CCCC3)CCCC1. The highest BCUT2D eigenvalue weighted by Gasteiger charge is 2.38. The van der Waals surface area contributed by atoms with Crippen LogP contribution >= 0.6 is 0 Å². The predicted octanol–water partition coefficient (Wildman–Crippen LogP) is 4.33. The Hall–Kier alpha value is -2.56. The van der Waals surface area contributed by atoms with E-state index in [2.05, 4.69) is 51.0 Å². The van der Waals surface area contributed by atoms with Crippen LogP contribution in [0, 0.1) is 6.92 Å². The standard InChI is InChI=1S/C22H23N5/c1-22(13-7-8-14-22)20-19(21-24-26-27-25-21)18(15-9-3-2-4-10-15)16-11-5-6-12-17(16)23-20/h1-4,9-10H,5-8,11-14H2,(H,24,25,26,27). The number of rotatable bonds is 3. The van der Waals surface area contributed by atoms with Gasteiger partial charge in [0.25, 0.3) is 0 Å². The van der Waals surface area contributed by atoms with Crippen molar-refractivity contribution in [3.63, 3.8) is 0 Å². The molecule has 2 aliphatic carbocycles. The molecule has 27 heavy (non-hydrogen) atoms. The minimum absolute atomic E-state index is 0.405. The van der Waals surface area contributed by atoms with Gasteiger partial charge in [0.05, 0.1) is 11.3 Å². The first-order valence-corrected chi connectivity index (χ1v) is 9.91. The van der Waals surface area contributed by atoms with Crippen molar-refractivity contribution in [1.82, 2.24) is 25.6 Å². The molecule has 0 aliphatic heterocycles. The molecule has 1 aromatic carbocycles. The lowest BCUT2D eigenvalue weighted by atomic mass is 9.77. The zero-order chi connectivity index (χ0) is 18.3. The molecule has 0 spiro atoms. The van der Waals surface area contributed by atoms with Crippen molar-refractivity contribution in [2.24, 2.45) is 0 Å². The van der Waals surface area contributed by atoms with E-state index in [-0.39, 0.29) is 0 Å². The van der Waals surface area contributed by atoms with Gasteiger partial charge in [0, 0.05) is 11.1 Å². The quantitative estimate of drug-likeness (QED) is 0.757. The van der Waals surface area contributed by atoms with E-state index < -0.39 is 5.41 Å². The first-order chi connectivity index (χ1) is 13.3. The molecule has 0 bridgehead atoms. The van der Waals surface area contributed by atoms with E-state index in [1.807, 2.05) is 0 Å². The van der Waals surface area contributed by atoms with Crippen molar-refractivity contribution in [1.29, 1.82) is 0 Å². The summed E-state index contributed by atoms with van der Waals surface area (Å²) >= 11 is 0. The average molecular weight is 357 g/mol. The van der Waals surface area contributed by atoms with Gasteiger partial charge in [-0.1, -0.05) is 43.2 Å². The Balaban J connectivity index is 1.87. The Morgan fingerprint density at radius 2 is 1.70 bits per heavy atom. The molecule has 0 saturated heterocycles. The summed E-state index contributed by atoms with van der Waals surface area (Å²) in [5.74, 6) is 0.668. The fourth-order valence-corrected chi connectivity index (χ4v) is 4.76. The van der Waals surface area contributed by atoms with Crippen molar-refractivity contribution in [2.45, 2.75) is 56.8 Å². The number of aryl methyl sites for hydroxylation is 1. The summed E-state index contributed by atoms with van der Waals surface area (Å²) in [6.07, 6.45) is 8.65. The van der Waals surface area contributed by atoms with Gasteiger partial charge in [-0.25, -0.2) is 5.10 Å². The van der Waals surface area contributed by atoms with Gasteiger partial charge in [-0.15, -0.1) is 5.10 Å². The van der Waals surface area contributed by atoms with Crippen LogP contribution in [0.1, 0.15) is 55.5 Å². The Bertz CT molecular complexity index is 941. The average Bonchev–Trinajstić information content (AvgIpc) is 3.40. The first kappa shape index (κ1) is 16.6. The minimum Gasteiger partial charge on any atom is -0.256 e. The highest BCUT2D eigenvalue weighted by atomic mass is 15.5. The van der Waals surface area contributed by atoms with Crippen LogP contribution in [0.3, 0.4) is 0 Å². The van der Waals surface area contributed by atoms with E-state index in [9.17, 15) is 0 Å². The number of nitrogens with one attached hydrogen (secondary N) is 1. The molecular weight excluding hydrogens is 334 g/mol. The number of aromatic nitrogens is 5. The molecule has 5 heteroatoms. The lowest BCUT2D eigenvalue weighted by Gasteiger charge is -2.30. The molecule has 5 nitrogen and oxygen atoms in total. The van der Waals surface area contributed by atoms with E-state index in [1.165, 1.54) is 35.2 Å². The molecule has 136 valence electrons. The highest BCUT2D eigenvalue weighted by Crippen LogP contribution is 2.47. The summed E-state index contributed by atoms with van der Waals surface area (Å²) in [6.45, 7) is 6.92. The van der Waals surface area contributed by atoms with Crippen molar-refractivity contribution < 1.29 is 0 Å². The number of hydrogen-bond acceptors (Lipinski definition) is 4. The summed E-state index contributed by atoms with van der Waals surface area (Å²) in [7, 11) is 0. The number of aromatic amines is 1. The molecule has 3 aromatic rings. The van der Waals surface area contributed by atoms with Gasteiger partial charge in [0.2, 0.25) is 0 Å². The molecule has 2 aliphatic rings. The third-order valence-electron chi connectivity index (χ3n) is 6.09. The van der Waals surface area contributed by atoms with E-state index in [1.54, 1.807) is 0 Å². The topological polar surface area (TPSA) is 67.3 Å². The molecule has 2 radical (unpaired) electrons. The number of pyridine rings is 1. The normalized spacial score (nSPS) is 18.4. The second-order valence-corrected chi connectivity index (χ2v) is 7.82. The molecule has 1 N–H and O–H groups in total. The van der Waals surface area contributed by atoms with Crippen molar-refractivity contribution >= 4 is 0 Å². The molecule has 5 rings (SSSR count). The van der Waals surface area contributed by atoms with E-state index in [4.69, 9.17) is 11.9 Å². The van der Waals surface area contributed by atoms with Crippen LogP contribution in [0.15, 0.2) is 30.3 Å². The van der Waals surface area contributed by atoms with Crippen LogP contribution < -0.4 is 0 Å². The van der Waals surface area contributed by atoms with Gasteiger partial charge in [-0.05, 0) is 72.6 Å². The maximum absolute atomic E-state index is 6.92.